The number of nitro groups is 1. The minimum Gasteiger partial charge on any atom is -0.497 e. The number of rotatable bonds is 4. The first-order valence-corrected chi connectivity index (χ1v) is 8.76. The summed E-state index contributed by atoms with van der Waals surface area (Å²) in [5, 5.41) is 11.0. The van der Waals surface area contributed by atoms with Crippen molar-refractivity contribution < 1.29 is 14.5 Å². The second-order valence-corrected chi connectivity index (χ2v) is 6.52. The van der Waals surface area contributed by atoms with Gasteiger partial charge in [-0.25, -0.2) is 0 Å². The number of nitrogens with zero attached hydrogens (tertiary/aromatic N) is 2. The van der Waals surface area contributed by atoms with Crippen molar-refractivity contribution in [2.24, 2.45) is 0 Å². The molecule has 136 valence electrons. The number of amides is 1. The molecule has 1 atom stereocenters. The number of likely N-dealkylation sites (tertiary alicyclic amines) is 1. The fraction of sp³-hybridized carbons (Fsp3) is 0.350. The Kier molecular flexibility index (Phi) is 5.51. The Hall–Kier alpha value is -2.89. The molecular formula is C20H22N2O4. The first-order valence-electron chi connectivity index (χ1n) is 8.76. The van der Waals surface area contributed by atoms with E-state index in [2.05, 4.69) is 0 Å². The molecule has 0 saturated carbocycles. The topological polar surface area (TPSA) is 72.7 Å². The molecule has 1 heterocycles. The van der Waals surface area contributed by atoms with Crippen LogP contribution in [0.25, 0.3) is 0 Å². The Morgan fingerprint density at radius 3 is 2.65 bits per heavy atom. The Labute approximate surface area is 152 Å². The molecule has 0 radical (unpaired) electrons. The fourth-order valence-corrected chi connectivity index (χ4v) is 3.41. The van der Waals surface area contributed by atoms with Crippen molar-refractivity contribution in [1.29, 1.82) is 0 Å². The van der Waals surface area contributed by atoms with E-state index in [-0.39, 0.29) is 17.5 Å². The van der Waals surface area contributed by atoms with Crippen LogP contribution in [0.1, 0.15) is 41.1 Å². The second kappa shape index (κ2) is 7.99. The quantitative estimate of drug-likeness (QED) is 0.614. The molecule has 6 nitrogen and oxygen atoms in total. The maximum Gasteiger partial charge on any atom is 0.270 e. The Morgan fingerprint density at radius 2 is 1.96 bits per heavy atom. The van der Waals surface area contributed by atoms with Gasteiger partial charge in [0.1, 0.15) is 5.75 Å². The number of ether oxygens (including phenoxy) is 1. The standard InChI is InChI=1S/C20H22N2O4/c1-26-19-10-8-15(9-11-19)17-5-2-3-12-21(14-17)20(23)16-6-4-7-18(13-16)22(24)25/h4,6-11,13,17H,2-3,5,12,14H2,1H3. The number of benzene rings is 2. The van der Waals surface area contributed by atoms with Crippen LogP contribution in [0.3, 0.4) is 0 Å². The molecular weight excluding hydrogens is 332 g/mol. The van der Waals surface area contributed by atoms with Crippen molar-refractivity contribution >= 4 is 11.6 Å². The fourth-order valence-electron chi connectivity index (χ4n) is 3.41. The minimum absolute atomic E-state index is 0.0580. The van der Waals surface area contributed by atoms with Crippen LogP contribution in [0, 0.1) is 10.1 Å². The molecule has 3 rings (SSSR count). The normalized spacial score (nSPS) is 17.4. The molecule has 1 saturated heterocycles. The van der Waals surface area contributed by atoms with Gasteiger partial charge in [0.2, 0.25) is 0 Å². The molecule has 0 bridgehead atoms. The summed E-state index contributed by atoms with van der Waals surface area (Å²) >= 11 is 0. The monoisotopic (exact) mass is 354 g/mol. The molecule has 26 heavy (non-hydrogen) atoms. The Bertz CT molecular complexity index is 789. The predicted molar refractivity (Wildman–Crippen MR) is 98.6 cm³/mol. The van der Waals surface area contributed by atoms with Gasteiger partial charge < -0.3 is 9.64 Å². The maximum atomic E-state index is 12.9. The summed E-state index contributed by atoms with van der Waals surface area (Å²) in [6, 6.07) is 13.9. The molecule has 2 aromatic carbocycles. The highest BCUT2D eigenvalue weighted by Crippen LogP contribution is 2.29. The van der Waals surface area contributed by atoms with E-state index >= 15 is 0 Å². The van der Waals surface area contributed by atoms with Crippen molar-refractivity contribution in [2.45, 2.75) is 25.2 Å². The van der Waals surface area contributed by atoms with Gasteiger partial charge in [0.25, 0.3) is 11.6 Å². The van der Waals surface area contributed by atoms with Gasteiger partial charge >= 0.3 is 0 Å². The number of methoxy groups -OCH3 is 1. The third-order valence-corrected chi connectivity index (χ3v) is 4.85. The van der Waals surface area contributed by atoms with Crippen LogP contribution in [0.4, 0.5) is 5.69 Å². The van der Waals surface area contributed by atoms with Crippen LogP contribution in [0.15, 0.2) is 48.5 Å². The lowest BCUT2D eigenvalue weighted by molar-refractivity contribution is -0.384. The molecule has 0 N–H and O–H groups in total. The molecule has 1 aliphatic rings. The van der Waals surface area contributed by atoms with Gasteiger partial charge in [-0.15, -0.1) is 0 Å². The average Bonchev–Trinajstić information content (AvgIpc) is 2.94. The van der Waals surface area contributed by atoms with Crippen molar-refractivity contribution in [3.63, 3.8) is 0 Å². The molecule has 1 fully saturated rings. The Balaban J connectivity index is 1.79. The zero-order valence-electron chi connectivity index (χ0n) is 14.8. The third kappa shape index (κ3) is 4.02. The lowest BCUT2D eigenvalue weighted by Gasteiger charge is -2.25. The average molecular weight is 354 g/mol. The summed E-state index contributed by atoms with van der Waals surface area (Å²) in [6.45, 7) is 1.29. The highest BCUT2D eigenvalue weighted by Gasteiger charge is 2.25. The van der Waals surface area contributed by atoms with E-state index in [1.165, 1.54) is 17.7 Å². The summed E-state index contributed by atoms with van der Waals surface area (Å²) in [7, 11) is 1.64. The first-order chi connectivity index (χ1) is 12.6. The zero-order chi connectivity index (χ0) is 18.5. The van der Waals surface area contributed by atoms with Gasteiger partial charge in [-0.3, -0.25) is 14.9 Å². The minimum atomic E-state index is -0.473. The molecule has 0 spiro atoms. The summed E-state index contributed by atoms with van der Waals surface area (Å²) in [5.74, 6) is 0.923. The van der Waals surface area contributed by atoms with E-state index in [0.29, 0.717) is 18.7 Å². The number of carbonyl (C=O) groups excluding carboxylic acids is 1. The van der Waals surface area contributed by atoms with Crippen LogP contribution in [0.2, 0.25) is 0 Å². The van der Waals surface area contributed by atoms with Gasteiger partial charge in [-0.1, -0.05) is 24.6 Å². The summed E-state index contributed by atoms with van der Waals surface area (Å²) in [4.78, 5) is 25.2. The summed E-state index contributed by atoms with van der Waals surface area (Å²) < 4.78 is 5.21. The molecule has 1 unspecified atom stereocenters. The van der Waals surface area contributed by atoms with E-state index in [1.54, 1.807) is 19.2 Å². The molecule has 6 heteroatoms. The van der Waals surface area contributed by atoms with Gasteiger partial charge in [0.15, 0.2) is 0 Å². The second-order valence-electron chi connectivity index (χ2n) is 6.52. The van der Waals surface area contributed by atoms with Crippen molar-refractivity contribution in [3.05, 3.63) is 69.8 Å². The maximum absolute atomic E-state index is 12.9. The van der Waals surface area contributed by atoms with E-state index < -0.39 is 4.92 Å². The molecule has 2 aromatic rings. The molecule has 0 aromatic heterocycles. The number of hydrogen-bond acceptors (Lipinski definition) is 4. The summed E-state index contributed by atoms with van der Waals surface area (Å²) in [6.07, 6.45) is 3.01. The van der Waals surface area contributed by atoms with Gasteiger partial charge in [0, 0.05) is 36.7 Å². The van der Waals surface area contributed by atoms with E-state index in [0.717, 1.165) is 25.0 Å². The predicted octanol–water partition coefficient (Wildman–Crippen LogP) is 4.01. The van der Waals surface area contributed by atoms with E-state index in [1.807, 2.05) is 29.2 Å². The number of hydrogen-bond donors (Lipinski definition) is 0. The Morgan fingerprint density at radius 1 is 1.19 bits per heavy atom. The number of nitro benzene ring substituents is 1. The first kappa shape index (κ1) is 17.9. The molecule has 1 aliphatic heterocycles. The van der Waals surface area contributed by atoms with Crippen LogP contribution >= 0.6 is 0 Å². The van der Waals surface area contributed by atoms with Gasteiger partial charge in [-0.2, -0.15) is 0 Å². The largest absolute Gasteiger partial charge is 0.497 e. The SMILES string of the molecule is COc1ccc(C2CCCCN(C(=O)c3cccc([N+](=O)[O-])c3)C2)cc1. The lowest BCUT2D eigenvalue weighted by Crippen LogP contribution is -2.34. The smallest absolute Gasteiger partial charge is 0.270 e. The summed E-state index contributed by atoms with van der Waals surface area (Å²) in [5.41, 5.74) is 1.50. The highest BCUT2D eigenvalue weighted by atomic mass is 16.6. The van der Waals surface area contributed by atoms with Crippen molar-refractivity contribution in [3.8, 4) is 5.75 Å². The van der Waals surface area contributed by atoms with Crippen LogP contribution in [0.5, 0.6) is 5.75 Å². The van der Waals surface area contributed by atoms with Crippen LogP contribution < -0.4 is 4.74 Å². The number of non-ortho nitro benzene ring substituents is 1. The number of carbonyl (C=O) groups is 1. The molecule has 1 amide bonds. The third-order valence-electron chi connectivity index (χ3n) is 4.85. The zero-order valence-corrected chi connectivity index (χ0v) is 14.8. The van der Waals surface area contributed by atoms with E-state index in [9.17, 15) is 14.9 Å². The molecule has 0 aliphatic carbocycles. The van der Waals surface area contributed by atoms with Gasteiger partial charge in [0.05, 0.1) is 12.0 Å². The van der Waals surface area contributed by atoms with Crippen molar-refractivity contribution in [1.82, 2.24) is 4.90 Å². The highest BCUT2D eigenvalue weighted by molar-refractivity contribution is 5.94. The van der Waals surface area contributed by atoms with Crippen LogP contribution in [-0.2, 0) is 0 Å². The van der Waals surface area contributed by atoms with Crippen LogP contribution in [-0.4, -0.2) is 35.9 Å². The van der Waals surface area contributed by atoms with Crippen molar-refractivity contribution in [2.75, 3.05) is 20.2 Å². The van der Waals surface area contributed by atoms with E-state index in [4.69, 9.17) is 4.74 Å². The van der Waals surface area contributed by atoms with Gasteiger partial charge in [-0.05, 0) is 36.6 Å². The lowest BCUT2D eigenvalue weighted by atomic mass is 9.94.